The molecule has 0 radical (unpaired) electrons. The van der Waals surface area contributed by atoms with Gasteiger partial charge in [0.25, 0.3) is 11.8 Å². The van der Waals surface area contributed by atoms with Gasteiger partial charge in [-0.25, -0.2) is 0 Å². The number of carbonyl (C=O) groups excluding carboxylic acids is 2. The third-order valence-corrected chi connectivity index (χ3v) is 6.04. The summed E-state index contributed by atoms with van der Waals surface area (Å²) in [5.74, 6) is 0.497. The number of nitrogens with one attached hydrogen (secondary N) is 2. The molecular formula is C27H28Cl2N2O3. The second-order valence-corrected chi connectivity index (χ2v) is 9.38. The van der Waals surface area contributed by atoms with Crippen LogP contribution < -0.4 is 15.4 Å². The van der Waals surface area contributed by atoms with Crippen molar-refractivity contribution in [3.63, 3.8) is 0 Å². The summed E-state index contributed by atoms with van der Waals surface area (Å²) in [6.07, 6.45) is 0. The van der Waals surface area contributed by atoms with Gasteiger partial charge in [0, 0.05) is 16.9 Å². The molecule has 0 aromatic heterocycles. The lowest BCUT2D eigenvalue weighted by molar-refractivity contribution is -0.118. The molecule has 0 bridgehead atoms. The highest BCUT2D eigenvalue weighted by molar-refractivity contribution is 6.42. The van der Waals surface area contributed by atoms with E-state index in [9.17, 15) is 9.59 Å². The average Bonchev–Trinajstić information content (AvgIpc) is 2.80. The summed E-state index contributed by atoms with van der Waals surface area (Å²) in [5, 5.41) is 6.56. The zero-order valence-electron chi connectivity index (χ0n) is 19.6. The lowest BCUT2D eigenvalue weighted by Crippen LogP contribution is -2.20. The maximum atomic E-state index is 13.0. The van der Waals surface area contributed by atoms with E-state index in [0.717, 1.165) is 16.8 Å². The van der Waals surface area contributed by atoms with Crippen molar-refractivity contribution in [3.05, 3.63) is 87.4 Å². The van der Waals surface area contributed by atoms with Crippen molar-refractivity contribution in [2.75, 3.05) is 17.2 Å². The fraction of sp³-hybridized carbons (Fsp3) is 0.259. The SMILES string of the molecule is CC(C)c1cccc(C(C)C)c1NC(=O)c1ccc(OCC(=O)Nc2ccc(Cl)c(Cl)c2)cc1. The Bertz CT molecular complexity index is 1150. The Morgan fingerprint density at radius 2 is 1.44 bits per heavy atom. The van der Waals surface area contributed by atoms with E-state index in [2.05, 4.69) is 38.3 Å². The second kappa shape index (κ2) is 11.4. The van der Waals surface area contributed by atoms with Crippen LogP contribution in [0.15, 0.2) is 60.7 Å². The minimum Gasteiger partial charge on any atom is -0.484 e. The van der Waals surface area contributed by atoms with Crippen molar-refractivity contribution in [1.29, 1.82) is 0 Å². The van der Waals surface area contributed by atoms with Gasteiger partial charge in [-0.05, 0) is 65.4 Å². The highest BCUT2D eigenvalue weighted by atomic mass is 35.5. The summed E-state index contributed by atoms with van der Waals surface area (Å²) in [4.78, 5) is 25.1. The van der Waals surface area contributed by atoms with Crippen LogP contribution in [0.1, 0.15) is 61.0 Å². The molecule has 0 saturated carbocycles. The molecule has 5 nitrogen and oxygen atoms in total. The molecule has 3 aromatic rings. The minimum absolute atomic E-state index is 0.189. The van der Waals surface area contributed by atoms with E-state index in [1.165, 1.54) is 0 Å². The van der Waals surface area contributed by atoms with Crippen LogP contribution in [-0.2, 0) is 4.79 Å². The summed E-state index contributed by atoms with van der Waals surface area (Å²) < 4.78 is 5.55. The van der Waals surface area contributed by atoms with Crippen molar-refractivity contribution < 1.29 is 14.3 Å². The predicted octanol–water partition coefficient (Wildman–Crippen LogP) is 7.51. The Balaban J connectivity index is 1.63. The van der Waals surface area contributed by atoms with Gasteiger partial charge in [0.05, 0.1) is 10.0 Å². The molecule has 0 saturated heterocycles. The van der Waals surface area contributed by atoms with E-state index in [4.69, 9.17) is 27.9 Å². The molecule has 0 unspecified atom stereocenters. The van der Waals surface area contributed by atoms with Crippen LogP contribution in [0, 0.1) is 0 Å². The van der Waals surface area contributed by atoms with E-state index in [0.29, 0.717) is 27.0 Å². The molecule has 3 rings (SSSR count). The number of rotatable bonds is 8. The lowest BCUT2D eigenvalue weighted by Gasteiger charge is -2.20. The van der Waals surface area contributed by atoms with Gasteiger partial charge in [-0.15, -0.1) is 0 Å². The summed E-state index contributed by atoms with van der Waals surface area (Å²) in [6.45, 7) is 8.25. The van der Waals surface area contributed by atoms with E-state index in [-0.39, 0.29) is 30.3 Å². The third-order valence-electron chi connectivity index (χ3n) is 5.30. The van der Waals surface area contributed by atoms with Crippen LogP contribution >= 0.6 is 23.2 Å². The number of carbonyl (C=O) groups is 2. The molecule has 2 amide bonds. The van der Waals surface area contributed by atoms with Gasteiger partial charge in [0.2, 0.25) is 0 Å². The highest BCUT2D eigenvalue weighted by Crippen LogP contribution is 2.33. The number of benzene rings is 3. The number of para-hydroxylation sites is 1. The van der Waals surface area contributed by atoms with Crippen LogP contribution in [-0.4, -0.2) is 18.4 Å². The molecule has 0 atom stereocenters. The van der Waals surface area contributed by atoms with Crippen molar-refractivity contribution in [1.82, 2.24) is 0 Å². The lowest BCUT2D eigenvalue weighted by atomic mass is 9.92. The van der Waals surface area contributed by atoms with Gasteiger partial charge in [0.1, 0.15) is 5.75 Å². The van der Waals surface area contributed by atoms with Crippen LogP contribution in [0.4, 0.5) is 11.4 Å². The number of halogens is 2. The van der Waals surface area contributed by atoms with Crippen LogP contribution in [0.5, 0.6) is 5.75 Å². The molecule has 0 heterocycles. The summed E-state index contributed by atoms with van der Waals surface area (Å²) in [6, 6.07) is 17.6. The molecule has 0 aliphatic heterocycles. The Kier molecular flexibility index (Phi) is 8.59. The molecule has 34 heavy (non-hydrogen) atoms. The monoisotopic (exact) mass is 498 g/mol. The largest absolute Gasteiger partial charge is 0.484 e. The van der Waals surface area contributed by atoms with Crippen molar-refractivity contribution >= 4 is 46.4 Å². The van der Waals surface area contributed by atoms with Gasteiger partial charge in [-0.1, -0.05) is 69.1 Å². The quantitative estimate of drug-likeness (QED) is 0.337. The summed E-state index contributed by atoms with van der Waals surface area (Å²) in [5.41, 5.74) is 4.11. The number of ether oxygens (including phenoxy) is 1. The standard InChI is InChI=1S/C27H28Cl2N2O3/c1-16(2)21-6-5-7-22(17(3)4)26(21)31-27(33)18-8-11-20(12-9-18)34-15-25(32)30-19-10-13-23(28)24(29)14-19/h5-14,16-17H,15H2,1-4H3,(H,30,32)(H,31,33). The van der Waals surface area contributed by atoms with Gasteiger partial charge in [-0.2, -0.15) is 0 Å². The first-order chi connectivity index (χ1) is 16.2. The Morgan fingerprint density at radius 1 is 0.824 bits per heavy atom. The molecule has 0 aliphatic carbocycles. The predicted molar refractivity (Wildman–Crippen MR) is 140 cm³/mol. The number of amides is 2. The van der Waals surface area contributed by atoms with E-state index < -0.39 is 0 Å². The number of hydrogen-bond acceptors (Lipinski definition) is 3. The molecule has 2 N–H and O–H groups in total. The molecule has 0 spiro atoms. The average molecular weight is 499 g/mol. The smallest absolute Gasteiger partial charge is 0.262 e. The number of hydrogen-bond donors (Lipinski definition) is 2. The summed E-state index contributed by atoms with van der Waals surface area (Å²) in [7, 11) is 0. The zero-order valence-corrected chi connectivity index (χ0v) is 21.1. The summed E-state index contributed by atoms with van der Waals surface area (Å²) >= 11 is 11.8. The first-order valence-corrected chi connectivity index (χ1v) is 11.8. The zero-order chi connectivity index (χ0) is 24.8. The van der Waals surface area contributed by atoms with Gasteiger partial charge < -0.3 is 15.4 Å². The van der Waals surface area contributed by atoms with Crippen molar-refractivity contribution in [2.24, 2.45) is 0 Å². The third kappa shape index (κ3) is 6.52. The molecule has 0 fully saturated rings. The molecule has 0 aliphatic rings. The fourth-order valence-corrected chi connectivity index (χ4v) is 3.80. The second-order valence-electron chi connectivity index (χ2n) is 8.57. The normalized spacial score (nSPS) is 10.9. The topological polar surface area (TPSA) is 67.4 Å². The van der Waals surface area contributed by atoms with E-state index in [1.807, 2.05) is 18.2 Å². The Hall–Kier alpha value is -3.02. The van der Waals surface area contributed by atoms with Gasteiger partial charge in [0.15, 0.2) is 6.61 Å². The van der Waals surface area contributed by atoms with Crippen LogP contribution in [0.3, 0.4) is 0 Å². The molecule has 3 aromatic carbocycles. The van der Waals surface area contributed by atoms with Gasteiger partial charge in [-0.3, -0.25) is 9.59 Å². The highest BCUT2D eigenvalue weighted by Gasteiger charge is 2.17. The Labute approximate surface area is 210 Å². The molecular weight excluding hydrogens is 471 g/mol. The van der Waals surface area contributed by atoms with Crippen LogP contribution in [0.25, 0.3) is 0 Å². The minimum atomic E-state index is -0.341. The maximum Gasteiger partial charge on any atom is 0.262 e. The van der Waals surface area contributed by atoms with Crippen LogP contribution in [0.2, 0.25) is 10.0 Å². The maximum absolute atomic E-state index is 13.0. The van der Waals surface area contributed by atoms with Crippen molar-refractivity contribution in [3.8, 4) is 5.75 Å². The fourth-order valence-electron chi connectivity index (χ4n) is 3.50. The molecule has 178 valence electrons. The first-order valence-electron chi connectivity index (χ1n) is 11.1. The number of anilines is 2. The molecule has 7 heteroatoms. The van der Waals surface area contributed by atoms with E-state index >= 15 is 0 Å². The Morgan fingerprint density at radius 3 is 2.00 bits per heavy atom. The van der Waals surface area contributed by atoms with Gasteiger partial charge >= 0.3 is 0 Å². The first kappa shape index (κ1) is 25.6. The van der Waals surface area contributed by atoms with E-state index in [1.54, 1.807) is 42.5 Å². The van der Waals surface area contributed by atoms with Crippen molar-refractivity contribution in [2.45, 2.75) is 39.5 Å².